The SMILES string of the molecule is CCn1c(SC(C)C(=O)N(CCC#N)c2ccccc2)nnc1-c1cccs1. The van der Waals surface area contributed by atoms with E-state index in [1.807, 2.05) is 66.3 Å². The fourth-order valence-corrected chi connectivity index (χ4v) is 4.51. The molecule has 28 heavy (non-hydrogen) atoms. The molecule has 1 amide bonds. The molecule has 0 N–H and O–H groups in total. The summed E-state index contributed by atoms with van der Waals surface area (Å²) in [5.41, 5.74) is 0.798. The number of anilines is 1. The van der Waals surface area contributed by atoms with Crippen LogP contribution in [-0.4, -0.2) is 32.5 Å². The minimum atomic E-state index is -0.357. The number of thioether (sulfide) groups is 1. The zero-order valence-corrected chi connectivity index (χ0v) is 17.4. The maximum absolute atomic E-state index is 13.1. The Morgan fingerprint density at radius 2 is 2.07 bits per heavy atom. The molecule has 1 aromatic carbocycles. The first-order valence-corrected chi connectivity index (χ1v) is 10.8. The van der Waals surface area contributed by atoms with Gasteiger partial charge in [-0.2, -0.15) is 5.26 Å². The summed E-state index contributed by atoms with van der Waals surface area (Å²) in [5.74, 6) is 0.777. The van der Waals surface area contributed by atoms with Crippen LogP contribution in [0.5, 0.6) is 0 Å². The number of benzene rings is 1. The Bertz CT molecular complexity index is 947. The molecule has 0 radical (unpaired) electrons. The summed E-state index contributed by atoms with van der Waals surface area (Å²) < 4.78 is 2.03. The minimum absolute atomic E-state index is 0.0465. The Hall–Kier alpha value is -2.63. The second-order valence-electron chi connectivity index (χ2n) is 6.02. The third kappa shape index (κ3) is 4.43. The van der Waals surface area contributed by atoms with E-state index >= 15 is 0 Å². The van der Waals surface area contributed by atoms with E-state index in [-0.39, 0.29) is 17.6 Å². The molecule has 0 aliphatic heterocycles. The van der Waals surface area contributed by atoms with E-state index in [1.165, 1.54) is 11.8 Å². The Labute approximate surface area is 172 Å². The van der Waals surface area contributed by atoms with Gasteiger partial charge in [0.05, 0.1) is 22.6 Å². The van der Waals surface area contributed by atoms with E-state index in [2.05, 4.69) is 16.3 Å². The van der Waals surface area contributed by atoms with Gasteiger partial charge in [0.1, 0.15) is 0 Å². The molecule has 144 valence electrons. The van der Waals surface area contributed by atoms with Gasteiger partial charge in [0.25, 0.3) is 0 Å². The molecule has 3 aromatic rings. The van der Waals surface area contributed by atoms with Crippen molar-refractivity contribution >= 4 is 34.7 Å². The van der Waals surface area contributed by atoms with Crippen molar-refractivity contribution in [1.82, 2.24) is 14.8 Å². The molecule has 1 unspecified atom stereocenters. The van der Waals surface area contributed by atoms with E-state index in [0.717, 1.165) is 28.1 Å². The molecule has 0 aliphatic carbocycles. The fourth-order valence-electron chi connectivity index (χ4n) is 2.81. The molecule has 0 bridgehead atoms. The van der Waals surface area contributed by atoms with Crippen LogP contribution >= 0.6 is 23.1 Å². The standard InChI is InChI=1S/C20H21N5OS2/c1-3-24-18(17-11-7-14-27-17)22-23-20(24)28-15(2)19(26)25(13-8-12-21)16-9-5-4-6-10-16/h4-7,9-11,14-15H,3,8,13H2,1-2H3. The van der Waals surface area contributed by atoms with Crippen molar-refractivity contribution in [2.45, 2.75) is 37.2 Å². The molecule has 8 heteroatoms. The summed E-state index contributed by atoms with van der Waals surface area (Å²) in [5, 5.41) is 20.0. The van der Waals surface area contributed by atoms with Gasteiger partial charge in [0.15, 0.2) is 11.0 Å². The van der Waals surface area contributed by atoms with Gasteiger partial charge in [0, 0.05) is 18.8 Å². The van der Waals surface area contributed by atoms with Gasteiger partial charge in [-0.05, 0) is 37.4 Å². The third-order valence-electron chi connectivity index (χ3n) is 4.19. The molecule has 0 fully saturated rings. The molecule has 1 atom stereocenters. The summed E-state index contributed by atoms with van der Waals surface area (Å²) in [6.07, 6.45) is 0.283. The number of thiophene rings is 1. The molecular weight excluding hydrogens is 390 g/mol. The van der Waals surface area contributed by atoms with Gasteiger partial charge in [-0.15, -0.1) is 21.5 Å². The Kier molecular flexibility index (Phi) is 6.85. The predicted molar refractivity (Wildman–Crippen MR) is 113 cm³/mol. The zero-order chi connectivity index (χ0) is 19.9. The molecule has 2 heterocycles. The predicted octanol–water partition coefficient (Wildman–Crippen LogP) is 4.45. The molecule has 3 rings (SSSR count). The van der Waals surface area contributed by atoms with Crippen molar-refractivity contribution in [2.24, 2.45) is 0 Å². The van der Waals surface area contributed by atoms with Gasteiger partial charge < -0.3 is 9.47 Å². The van der Waals surface area contributed by atoms with Crippen LogP contribution in [0.2, 0.25) is 0 Å². The van der Waals surface area contributed by atoms with Gasteiger partial charge >= 0.3 is 0 Å². The third-order valence-corrected chi connectivity index (χ3v) is 6.12. The van der Waals surface area contributed by atoms with Gasteiger partial charge in [-0.3, -0.25) is 4.79 Å². The highest BCUT2D eigenvalue weighted by Gasteiger charge is 2.25. The summed E-state index contributed by atoms with van der Waals surface area (Å²) in [6.45, 7) is 5.00. The maximum atomic E-state index is 13.1. The number of hydrogen-bond acceptors (Lipinski definition) is 6. The second-order valence-corrected chi connectivity index (χ2v) is 8.28. The Balaban J connectivity index is 1.80. The summed E-state index contributed by atoms with van der Waals surface area (Å²) >= 11 is 3.01. The number of carbonyl (C=O) groups excluding carboxylic acids is 1. The van der Waals surface area contributed by atoms with Crippen LogP contribution in [0.25, 0.3) is 10.7 Å². The van der Waals surface area contributed by atoms with Crippen molar-refractivity contribution in [3.05, 3.63) is 47.8 Å². The lowest BCUT2D eigenvalue weighted by Gasteiger charge is -2.24. The van der Waals surface area contributed by atoms with Crippen LogP contribution in [0.15, 0.2) is 53.0 Å². The highest BCUT2D eigenvalue weighted by Crippen LogP contribution is 2.30. The van der Waals surface area contributed by atoms with Crippen molar-refractivity contribution in [3.63, 3.8) is 0 Å². The molecule has 0 aliphatic rings. The first-order valence-electron chi connectivity index (χ1n) is 9.02. The molecule has 6 nitrogen and oxygen atoms in total. The van der Waals surface area contributed by atoms with Crippen molar-refractivity contribution in [2.75, 3.05) is 11.4 Å². The first-order chi connectivity index (χ1) is 13.7. The van der Waals surface area contributed by atoms with E-state index < -0.39 is 0 Å². The van der Waals surface area contributed by atoms with Crippen LogP contribution in [0.4, 0.5) is 5.69 Å². The maximum Gasteiger partial charge on any atom is 0.240 e. The number of hydrogen-bond donors (Lipinski definition) is 0. The number of rotatable bonds is 8. The normalized spacial score (nSPS) is 11.8. The smallest absolute Gasteiger partial charge is 0.240 e. The van der Waals surface area contributed by atoms with Crippen molar-refractivity contribution < 1.29 is 4.79 Å². The quantitative estimate of drug-likeness (QED) is 0.512. The van der Waals surface area contributed by atoms with Gasteiger partial charge in [-0.25, -0.2) is 0 Å². The molecule has 0 saturated heterocycles. The number of para-hydroxylation sites is 1. The molecule has 0 spiro atoms. The molecule has 2 aromatic heterocycles. The number of amides is 1. The fraction of sp³-hybridized carbons (Fsp3) is 0.300. The average molecular weight is 412 g/mol. The molecule has 0 saturated carbocycles. The summed E-state index contributed by atoms with van der Waals surface area (Å²) in [6, 6.07) is 15.6. The zero-order valence-electron chi connectivity index (χ0n) is 15.8. The van der Waals surface area contributed by atoms with E-state index in [0.29, 0.717) is 6.54 Å². The monoisotopic (exact) mass is 411 g/mol. The average Bonchev–Trinajstić information content (AvgIpc) is 3.38. The largest absolute Gasteiger partial charge is 0.310 e. The topological polar surface area (TPSA) is 74.8 Å². The van der Waals surface area contributed by atoms with Crippen LogP contribution in [0, 0.1) is 11.3 Å². The van der Waals surface area contributed by atoms with E-state index in [9.17, 15) is 4.79 Å². The van der Waals surface area contributed by atoms with E-state index in [4.69, 9.17) is 5.26 Å². The van der Waals surface area contributed by atoms with Crippen LogP contribution < -0.4 is 4.90 Å². The lowest BCUT2D eigenvalue weighted by atomic mass is 10.2. The Morgan fingerprint density at radius 1 is 1.29 bits per heavy atom. The lowest BCUT2D eigenvalue weighted by molar-refractivity contribution is -0.117. The van der Waals surface area contributed by atoms with E-state index in [1.54, 1.807) is 16.2 Å². The van der Waals surface area contributed by atoms with Crippen molar-refractivity contribution in [3.8, 4) is 16.8 Å². The number of carbonyl (C=O) groups is 1. The summed E-state index contributed by atoms with van der Waals surface area (Å²) in [7, 11) is 0. The van der Waals surface area contributed by atoms with Gasteiger partial charge in [-0.1, -0.05) is 36.0 Å². The Morgan fingerprint density at radius 3 is 2.71 bits per heavy atom. The second kappa shape index (κ2) is 9.53. The highest BCUT2D eigenvalue weighted by molar-refractivity contribution is 8.00. The van der Waals surface area contributed by atoms with Crippen LogP contribution in [0.3, 0.4) is 0 Å². The highest BCUT2D eigenvalue weighted by atomic mass is 32.2. The van der Waals surface area contributed by atoms with Crippen LogP contribution in [-0.2, 0) is 11.3 Å². The first kappa shape index (κ1) is 20.1. The summed E-state index contributed by atoms with van der Waals surface area (Å²) in [4.78, 5) is 15.9. The van der Waals surface area contributed by atoms with Crippen molar-refractivity contribution in [1.29, 1.82) is 5.26 Å². The number of nitriles is 1. The number of nitrogens with zero attached hydrogens (tertiary/aromatic N) is 5. The lowest BCUT2D eigenvalue weighted by Crippen LogP contribution is -2.37. The van der Waals surface area contributed by atoms with Gasteiger partial charge in [0.2, 0.25) is 5.91 Å². The van der Waals surface area contributed by atoms with Crippen LogP contribution in [0.1, 0.15) is 20.3 Å². The minimum Gasteiger partial charge on any atom is -0.310 e. The number of aromatic nitrogens is 3. The molecular formula is C20H21N5OS2.